The van der Waals surface area contributed by atoms with Crippen molar-refractivity contribution in [2.45, 2.75) is 19.6 Å². The first kappa shape index (κ1) is 11.1. The van der Waals surface area contributed by atoms with Crippen LogP contribution in [-0.2, 0) is 9.57 Å². The highest BCUT2D eigenvalue weighted by molar-refractivity contribution is 5.39. The van der Waals surface area contributed by atoms with Crippen LogP contribution in [0.4, 0.5) is 5.69 Å². The van der Waals surface area contributed by atoms with Crippen LogP contribution >= 0.6 is 0 Å². The second kappa shape index (κ2) is 4.25. The van der Waals surface area contributed by atoms with Gasteiger partial charge in [0.2, 0.25) is 5.88 Å². The number of nitrogens with zero attached hydrogens (tertiary/aromatic N) is 2. The SMILES string of the molecule is CC1(C)OCN(COc2cc(N)ccn2)O1. The van der Waals surface area contributed by atoms with Gasteiger partial charge in [0.1, 0.15) is 6.73 Å². The third kappa shape index (κ3) is 2.82. The molecule has 6 heteroatoms. The van der Waals surface area contributed by atoms with E-state index in [1.807, 2.05) is 13.8 Å². The molecule has 1 saturated heterocycles. The molecule has 0 bridgehead atoms. The largest absolute Gasteiger partial charge is 0.459 e. The number of ether oxygens (including phenoxy) is 2. The Kier molecular flexibility index (Phi) is 2.95. The summed E-state index contributed by atoms with van der Waals surface area (Å²) in [5.74, 6) is -0.125. The highest BCUT2D eigenvalue weighted by atomic mass is 16.9. The first-order valence-corrected chi connectivity index (χ1v) is 4.97. The quantitative estimate of drug-likeness (QED) is 0.826. The molecule has 0 aliphatic carbocycles. The summed E-state index contributed by atoms with van der Waals surface area (Å²) in [6.07, 6.45) is 1.59. The van der Waals surface area contributed by atoms with E-state index in [2.05, 4.69) is 4.98 Å². The lowest BCUT2D eigenvalue weighted by molar-refractivity contribution is -0.230. The Morgan fingerprint density at radius 2 is 2.44 bits per heavy atom. The monoisotopic (exact) mass is 225 g/mol. The van der Waals surface area contributed by atoms with E-state index in [-0.39, 0.29) is 6.73 Å². The van der Waals surface area contributed by atoms with E-state index in [9.17, 15) is 0 Å². The van der Waals surface area contributed by atoms with Gasteiger partial charge in [0.25, 0.3) is 0 Å². The van der Waals surface area contributed by atoms with Crippen molar-refractivity contribution in [2.24, 2.45) is 0 Å². The van der Waals surface area contributed by atoms with Gasteiger partial charge in [-0.3, -0.25) is 4.84 Å². The Morgan fingerprint density at radius 1 is 1.62 bits per heavy atom. The summed E-state index contributed by atoms with van der Waals surface area (Å²) in [5, 5.41) is 1.57. The minimum atomic E-state index is -0.591. The molecule has 0 radical (unpaired) electrons. The fourth-order valence-corrected chi connectivity index (χ4v) is 1.30. The van der Waals surface area contributed by atoms with E-state index in [0.717, 1.165) is 0 Å². The molecule has 1 fully saturated rings. The first-order chi connectivity index (χ1) is 7.55. The summed E-state index contributed by atoms with van der Waals surface area (Å²) in [7, 11) is 0. The third-order valence-electron chi connectivity index (χ3n) is 2.02. The van der Waals surface area contributed by atoms with Crippen LogP contribution in [0.15, 0.2) is 18.3 Å². The molecule has 2 rings (SSSR count). The first-order valence-electron chi connectivity index (χ1n) is 4.97. The molecule has 16 heavy (non-hydrogen) atoms. The van der Waals surface area contributed by atoms with Crippen LogP contribution in [-0.4, -0.2) is 29.3 Å². The summed E-state index contributed by atoms with van der Waals surface area (Å²) in [6, 6.07) is 3.35. The number of rotatable bonds is 3. The molecular formula is C10H15N3O3. The van der Waals surface area contributed by atoms with Gasteiger partial charge in [0, 0.05) is 18.0 Å². The number of aromatic nitrogens is 1. The van der Waals surface area contributed by atoms with E-state index >= 15 is 0 Å². The van der Waals surface area contributed by atoms with Gasteiger partial charge in [-0.15, -0.1) is 5.06 Å². The summed E-state index contributed by atoms with van der Waals surface area (Å²) < 4.78 is 10.7. The van der Waals surface area contributed by atoms with Crippen LogP contribution in [0.3, 0.4) is 0 Å². The van der Waals surface area contributed by atoms with E-state index in [4.69, 9.17) is 20.0 Å². The lowest BCUT2D eigenvalue weighted by atomic mass is 10.4. The van der Waals surface area contributed by atoms with Crippen LogP contribution in [0.2, 0.25) is 0 Å². The van der Waals surface area contributed by atoms with Crippen LogP contribution in [0.1, 0.15) is 13.8 Å². The lowest BCUT2D eigenvalue weighted by Gasteiger charge is -2.17. The Morgan fingerprint density at radius 3 is 3.06 bits per heavy atom. The second-order valence-corrected chi connectivity index (χ2v) is 3.95. The summed E-state index contributed by atoms with van der Waals surface area (Å²) >= 11 is 0. The van der Waals surface area contributed by atoms with Gasteiger partial charge in [-0.25, -0.2) is 4.98 Å². The summed E-state index contributed by atoms with van der Waals surface area (Å²) in [5.41, 5.74) is 6.21. The maximum absolute atomic E-state index is 5.60. The van der Waals surface area contributed by atoms with Crippen LogP contribution in [0, 0.1) is 0 Å². The molecule has 1 aliphatic rings. The standard InChI is InChI=1S/C10H15N3O3/c1-10(2)15-7-13(16-10)6-14-9-5-8(11)3-4-12-9/h3-5H,6-7H2,1-2H3,(H2,11,12). The number of hydroxylamine groups is 2. The van der Waals surface area contributed by atoms with Gasteiger partial charge in [0.05, 0.1) is 0 Å². The van der Waals surface area contributed by atoms with Crippen molar-refractivity contribution in [2.75, 3.05) is 19.2 Å². The van der Waals surface area contributed by atoms with Crippen molar-refractivity contribution in [3.63, 3.8) is 0 Å². The highest BCUT2D eigenvalue weighted by Crippen LogP contribution is 2.21. The molecule has 1 aromatic heterocycles. The van der Waals surface area contributed by atoms with E-state index in [0.29, 0.717) is 18.3 Å². The molecule has 6 nitrogen and oxygen atoms in total. The zero-order valence-corrected chi connectivity index (χ0v) is 9.34. The van der Waals surface area contributed by atoms with Gasteiger partial charge in [-0.05, 0) is 19.9 Å². The van der Waals surface area contributed by atoms with E-state index < -0.39 is 5.79 Å². The average Bonchev–Trinajstić information content (AvgIpc) is 2.56. The maximum atomic E-state index is 5.60. The highest BCUT2D eigenvalue weighted by Gasteiger charge is 2.31. The molecule has 0 atom stereocenters. The smallest absolute Gasteiger partial charge is 0.216 e. The number of hydrogen-bond donors (Lipinski definition) is 1. The van der Waals surface area contributed by atoms with Gasteiger partial charge in [0.15, 0.2) is 12.5 Å². The third-order valence-corrected chi connectivity index (χ3v) is 2.02. The molecule has 2 heterocycles. The van der Waals surface area contributed by atoms with Crippen molar-refractivity contribution >= 4 is 5.69 Å². The molecular weight excluding hydrogens is 210 g/mol. The normalized spacial score (nSPS) is 19.9. The van der Waals surface area contributed by atoms with Crippen molar-refractivity contribution < 1.29 is 14.3 Å². The Balaban J connectivity index is 1.84. The Labute approximate surface area is 93.9 Å². The molecule has 1 aliphatic heterocycles. The fourth-order valence-electron chi connectivity index (χ4n) is 1.30. The average molecular weight is 225 g/mol. The molecule has 2 N–H and O–H groups in total. The van der Waals surface area contributed by atoms with Crippen molar-refractivity contribution in [1.82, 2.24) is 10.0 Å². The molecule has 0 spiro atoms. The number of hydrogen-bond acceptors (Lipinski definition) is 6. The molecule has 0 unspecified atom stereocenters. The maximum Gasteiger partial charge on any atom is 0.216 e. The van der Waals surface area contributed by atoms with Crippen molar-refractivity contribution in [1.29, 1.82) is 0 Å². The molecule has 0 saturated carbocycles. The van der Waals surface area contributed by atoms with Crippen LogP contribution in [0.25, 0.3) is 0 Å². The minimum Gasteiger partial charge on any atom is -0.459 e. The summed E-state index contributed by atoms with van der Waals surface area (Å²) in [6.45, 7) is 4.30. The lowest BCUT2D eigenvalue weighted by Crippen LogP contribution is -2.27. The van der Waals surface area contributed by atoms with Gasteiger partial charge >= 0.3 is 0 Å². The van der Waals surface area contributed by atoms with Gasteiger partial charge in [-0.1, -0.05) is 0 Å². The fraction of sp³-hybridized carbons (Fsp3) is 0.500. The van der Waals surface area contributed by atoms with Crippen molar-refractivity contribution in [3.05, 3.63) is 18.3 Å². The van der Waals surface area contributed by atoms with Gasteiger partial charge < -0.3 is 15.2 Å². The van der Waals surface area contributed by atoms with E-state index in [1.165, 1.54) is 0 Å². The number of pyridine rings is 1. The molecule has 0 amide bonds. The molecule has 88 valence electrons. The Bertz CT molecular complexity index is 370. The minimum absolute atomic E-state index is 0.250. The molecule has 0 aromatic carbocycles. The van der Waals surface area contributed by atoms with Crippen LogP contribution in [0.5, 0.6) is 5.88 Å². The zero-order valence-electron chi connectivity index (χ0n) is 9.34. The van der Waals surface area contributed by atoms with E-state index in [1.54, 1.807) is 23.4 Å². The number of nitrogen functional groups attached to an aromatic ring is 1. The predicted octanol–water partition coefficient (Wildman–Crippen LogP) is 0.957. The predicted molar refractivity (Wildman–Crippen MR) is 57.1 cm³/mol. The van der Waals surface area contributed by atoms with Gasteiger partial charge in [-0.2, -0.15) is 0 Å². The number of anilines is 1. The van der Waals surface area contributed by atoms with Crippen LogP contribution < -0.4 is 10.5 Å². The Hall–Kier alpha value is -1.37. The topological polar surface area (TPSA) is 69.8 Å². The zero-order chi connectivity index (χ0) is 11.6. The number of nitrogens with two attached hydrogens (primary N) is 1. The van der Waals surface area contributed by atoms with Crippen molar-refractivity contribution in [3.8, 4) is 5.88 Å². The second-order valence-electron chi connectivity index (χ2n) is 3.95. The molecule has 1 aromatic rings. The summed E-state index contributed by atoms with van der Waals surface area (Å²) in [4.78, 5) is 9.44.